The van der Waals surface area contributed by atoms with Crippen LogP contribution in [0.2, 0.25) is 5.02 Å². The van der Waals surface area contributed by atoms with Gasteiger partial charge in [-0.2, -0.15) is 5.10 Å². The lowest BCUT2D eigenvalue weighted by atomic mass is 10.2. The molecule has 1 amide bonds. The van der Waals surface area contributed by atoms with Crippen LogP contribution >= 0.6 is 11.6 Å². The van der Waals surface area contributed by atoms with E-state index in [1.165, 1.54) is 16.8 Å². The van der Waals surface area contributed by atoms with Gasteiger partial charge in [0.15, 0.2) is 0 Å². The largest absolute Gasteiger partial charge is 0.322 e. The second-order valence-corrected chi connectivity index (χ2v) is 6.23. The summed E-state index contributed by atoms with van der Waals surface area (Å²) in [7, 11) is 0. The number of anilines is 1. The van der Waals surface area contributed by atoms with Crippen molar-refractivity contribution in [2.75, 3.05) is 5.32 Å². The first-order chi connectivity index (χ1) is 11.4. The molecule has 1 fully saturated rings. The molecule has 1 aromatic heterocycles. The van der Waals surface area contributed by atoms with Crippen molar-refractivity contribution < 1.29 is 18.0 Å². The Hall–Kier alpha value is -2.02. The number of hydrogen-bond donors (Lipinski definition) is 1. The zero-order chi connectivity index (χ0) is 17.4. The normalized spacial score (nSPS) is 14.2. The highest BCUT2D eigenvalue weighted by atomic mass is 35.5. The van der Waals surface area contributed by atoms with Gasteiger partial charge in [-0.25, -0.2) is 13.2 Å². The fraction of sp³-hybridized carbons (Fsp3) is 0.375. The summed E-state index contributed by atoms with van der Waals surface area (Å²) in [4.78, 5) is 12.2. The van der Waals surface area contributed by atoms with Crippen LogP contribution in [0.1, 0.15) is 42.1 Å². The van der Waals surface area contributed by atoms with Crippen LogP contribution in [0.3, 0.4) is 0 Å². The fourth-order valence-corrected chi connectivity index (χ4v) is 2.91. The van der Waals surface area contributed by atoms with Gasteiger partial charge >= 0.3 is 0 Å². The van der Waals surface area contributed by atoms with Crippen molar-refractivity contribution in [2.24, 2.45) is 0 Å². The summed E-state index contributed by atoms with van der Waals surface area (Å²) in [6.45, 7) is 1.47. The molecule has 8 heteroatoms. The minimum absolute atomic E-state index is 0.0420. The van der Waals surface area contributed by atoms with Crippen LogP contribution in [0.4, 0.5) is 18.9 Å². The summed E-state index contributed by atoms with van der Waals surface area (Å²) < 4.78 is 40.9. The third kappa shape index (κ3) is 3.40. The average molecular weight is 358 g/mol. The van der Waals surface area contributed by atoms with E-state index in [1.807, 2.05) is 0 Å². The lowest BCUT2D eigenvalue weighted by Crippen LogP contribution is -2.21. The number of alkyl halides is 2. The molecule has 0 unspecified atom stereocenters. The minimum Gasteiger partial charge on any atom is -0.322 e. The summed E-state index contributed by atoms with van der Waals surface area (Å²) in [5.74, 6) is -1.08. The van der Waals surface area contributed by atoms with Crippen molar-refractivity contribution in [2.45, 2.75) is 38.7 Å². The highest BCUT2D eigenvalue weighted by Gasteiger charge is 2.34. The molecule has 24 heavy (non-hydrogen) atoms. The van der Waals surface area contributed by atoms with E-state index in [4.69, 9.17) is 11.6 Å². The van der Waals surface area contributed by atoms with Gasteiger partial charge < -0.3 is 5.32 Å². The molecule has 4 nitrogen and oxygen atoms in total. The molecule has 1 N–H and O–H groups in total. The van der Waals surface area contributed by atoms with Crippen LogP contribution in [0, 0.1) is 12.7 Å². The Kier molecular flexibility index (Phi) is 4.54. The highest BCUT2D eigenvalue weighted by molar-refractivity contribution is 6.32. The predicted molar refractivity (Wildman–Crippen MR) is 83.9 cm³/mol. The zero-order valence-corrected chi connectivity index (χ0v) is 13.6. The standard InChI is InChI=1S/C16H15ClF3N3O/c1-8-2-5-10(18)11(6-8)21-12(24)7-23-15(9-3-4-9)13(17)14(22-23)16(19)20/h2,5-6,9,16H,3-4,7H2,1H3,(H,21,24). The van der Waals surface area contributed by atoms with E-state index in [2.05, 4.69) is 10.4 Å². The number of rotatable bonds is 5. The fourth-order valence-electron chi connectivity index (χ4n) is 2.54. The smallest absolute Gasteiger partial charge is 0.283 e. The van der Waals surface area contributed by atoms with E-state index in [9.17, 15) is 18.0 Å². The highest BCUT2D eigenvalue weighted by Crippen LogP contribution is 2.45. The van der Waals surface area contributed by atoms with Gasteiger partial charge in [-0.15, -0.1) is 0 Å². The van der Waals surface area contributed by atoms with E-state index in [0.717, 1.165) is 18.4 Å². The number of carbonyl (C=O) groups excluding carboxylic acids is 1. The molecule has 1 aliphatic carbocycles. The molecular formula is C16H15ClF3N3O. The van der Waals surface area contributed by atoms with Crippen LogP contribution in [0.25, 0.3) is 0 Å². The lowest BCUT2D eigenvalue weighted by molar-refractivity contribution is -0.117. The molecule has 1 aromatic carbocycles. The third-order valence-corrected chi connectivity index (χ3v) is 4.20. The van der Waals surface area contributed by atoms with Crippen molar-refractivity contribution in [1.82, 2.24) is 9.78 Å². The maximum Gasteiger partial charge on any atom is 0.283 e. The SMILES string of the molecule is Cc1ccc(F)c(NC(=O)Cn2nc(C(F)F)c(Cl)c2C2CC2)c1. The number of halogens is 4. The lowest BCUT2D eigenvalue weighted by Gasteiger charge is -2.09. The van der Waals surface area contributed by atoms with Gasteiger partial charge in [0.2, 0.25) is 5.91 Å². The van der Waals surface area contributed by atoms with E-state index >= 15 is 0 Å². The van der Waals surface area contributed by atoms with Crippen LogP contribution in [-0.2, 0) is 11.3 Å². The molecule has 1 aliphatic rings. The topological polar surface area (TPSA) is 46.9 Å². The molecule has 0 bridgehead atoms. The van der Waals surface area contributed by atoms with Gasteiger partial charge in [-0.05, 0) is 37.5 Å². The summed E-state index contributed by atoms with van der Waals surface area (Å²) in [5.41, 5.74) is 0.757. The van der Waals surface area contributed by atoms with Crippen LogP contribution in [0.15, 0.2) is 18.2 Å². The Morgan fingerprint density at radius 1 is 1.46 bits per heavy atom. The van der Waals surface area contributed by atoms with Gasteiger partial charge in [0.05, 0.1) is 16.4 Å². The van der Waals surface area contributed by atoms with Crippen LogP contribution < -0.4 is 5.32 Å². The molecule has 2 aromatic rings. The molecule has 0 atom stereocenters. The Labute approximate surface area is 141 Å². The molecule has 0 radical (unpaired) electrons. The van der Waals surface area contributed by atoms with Crippen molar-refractivity contribution in [3.05, 3.63) is 46.0 Å². The molecule has 128 valence electrons. The van der Waals surface area contributed by atoms with E-state index in [-0.39, 0.29) is 23.2 Å². The second kappa shape index (κ2) is 6.47. The Morgan fingerprint density at radius 2 is 2.17 bits per heavy atom. The number of amides is 1. The zero-order valence-electron chi connectivity index (χ0n) is 12.8. The van der Waals surface area contributed by atoms with Crippen LogP contribution in [0.5, 0.6) is 0 Å². The van der Waals surface area contributed by atoms with Crippen molar-refractivity contribution in [1.29, 1.82) is 0 Å². The van der Waals surface area contributed by atoms with Crippen molar-refractivity contribution in [3.8, 4) is 0 Å². The first-order valence-corrected chi connectivity index (χ1v) is 7.85. The van der Waals surface area contributed by atoms with Gasteiger partial charge in [-0.1, -0.05) is 17.7 Å². The predicted octanol–water partition coefficient (Wildman–Crippen LogP) is 4.44. The minimum atomic E-state index is -2.81. The molecule has 3 rings (SSSR count). The summed E-state index contributed by atoms with van der Waals surface area (Å²) in [6, 6.07) is 4.33. The van der Waals surface area contributed by atoms with Crippen molar-refractivity contribution in [3.63, 3.8) is 0 Å². The number of nitrogens with zero attached hydrogens (tertiary/aromatic N) is 2. The van der Waals surface area contributed by atoms with Crippen LogP contribution in [-0.4, -0.2) is 15.7 Å². The number of nitrogens with one attached hydrogen (secondary N) is 1. The van der Waals surface area contributed by atoms with Gasteiger partial charge in [-0.3, -0.25) is 9.48 Å². The summed E-state index contributed by atoms with van der Waals surface area (Å²) >= 11 is 5.99. The Balaban J connectivity index is 1.81. The molecule has 0 aliphatic heterocycles. The molecule has 1 saturated carbocycles. The molecule has 0 saturated heterocycles. The third-order valence-electron chi connectivity index (χ3n) is 3.82. The van der Waals surface area contributed by atoms with Gasteiger partial charge in [0.25, 0.3) is 6.43 Å². The molecular weight excluding hydrogens is 343 g/mol. The van der Waals surface area contributed by atoms with Gasteiger partial charge in [0.1, 0.15) is 18.1 Å². The first kappa shape index (κ1) is 16.8. The number of hydrogen-bond acceptors (Lipinski definition) is 2. The monoisotopic (exact) mass is 357 g/mol. The number of aromatic nitrogens is 2. The molecule has 0 spiro atoms. The van der Waals surface area contributed by atoms with E-state index in [1.54, 1.807) is 13.0 Å². The molecule has 1 heterocycles. The summed E-state index contributed by atoms with van der Waals surface area (Å²) in [6.07, 6.45) is -1.17. The maximum absolute atomic E-state index is 13.7. The maximum atomic E-state index is 13.7. The van der Waals surface area contributed by atoms with E-state index in [0.29, 0.717) is 5.69 Å². The Morgan fingerprint density at radius 3 is 2.79 bits per heavy atom. The van der Waals surface area contributed by atoms with E-state index < -0.39 is 23.8 Å². The second-order valence-electron chi connectivity index (χ2n) is 5.85. The first-order valence-electron chi connectivity index (χ1n) is 7.47. The quantitative estimate of drug-likeness (QED) is 0.860. The average Bonchev–Trinajstić information content (AvgIpc) is 3.27. The van der Waals surface area contributed by atoms with Crippen molar-refractivity contribution >= 4 is 23.2 Å². The van der Waals surface area contributed by atoms with Gasteiger partial charge in [0, 0.05) is 5.92 Å². The number of carbonyl (C=O) groups is 1. The Bertz CT molecular complexity index is 787. The summed E-state index contributed by atoms with van der Waals surface area (Å²) in [5, 5.41) is 6.13. The number of benzene rings is 1. The number of aryl methyl sites for hydroxylation is 1.